The van der Waals surface area contributed by atoms with Gasteiger partial charge in [-0.3, -0.25) is 4.90 Å². The van der Waals surface area contributed by atoms with Crippen LogP contribution in [0.5, 0.6) is 0 Å². The van der Waals surface area contributed by atoms with Gasteiger partial charge in [0.15, 0.2) is 0 Å². The Morgan fingerprint density at radius 1 is 1.19 bits per heavy atom. The van der Waals surface area contributed by atoms with Crippen molar-refractivity contribution in [3.63, 3.8) is 0 Å². The maximum atomic E-state index is 6.18. The van der Waals surface area contributed by atoms with Crippen LogP contribution in [0, 0.1) is 6.92 Å². The largest absolute Gasteiger partial charge is 0.329 e. The van der Waals surface area contributed by atoms with Crippen LogP contribution >= 0.6 is 11.6 Å². The molecule has 0 unspecified atom stereocenters. The van der Waals surface area contributed by atoms with Gasteiger partial charge in [-0.1, -0.05) is 23.7 Å². The van der Waals surface area contributed by atoms with Gasteiger partial charge in [-0.05, 0) is 24.1 Å². The Labute approximate surface area is 102 Å². The summed E-state index contributed by atoms with van der Waals surface area (Å²) in [6.07, 6.45) is 0. The number of hydrogen-bond donors (Lipinski definition) is 2. The highest BCUT2D eigenvalue weighted by Crippen LogP contribution is 2.19. The van der Waals surface area contributed by atoms with Crippen molar-refractivity contribution in [1.29, 1.82) is 0 Å². The fourth-order valence-corrected chi connectivity index (χ4v) is 1.95. The first-order chi connectivity index (χ1) is 7.67. The van der Waals surface area contributed by atoms with E-state index in [9.17, 15) is 0 Å². The highest BCUT2D eigenvalue weighted by molar-refractivity contribution is 6.31. The third kappa shape index (κ3) is 4.10. The molecule has 0 atom stereocenters. The van der Waals surface area contributed by atoms with E-state index >= 15 is 0 Å². The SMILES string of the molecule is Cc1ccc(CN(CCN)CCN)c(Cl)c1. The molecule has 0 fully saturated rings. The van der Waals surface area contributed by atoms with Crippen molar-refractivity contribution in [2.75, 3.05) is 26.2 Å². The number of benzene rings is 1. The molecule has 4 N–H and O–H groups in total. The molecule has 90 valence electrons. The average molecular weight is 242 g/mol. The van der Waals surface area contributed by atoms with Gasteiger partial charge in [0.1, 0.15) is 0 Å². The highest BCUT2D eigenvalue weighted by atomic mass is 35.5. The van der Waals surface area contributed by atoms with Crippen molar-refractivity contribution in [1.82, 2.24) is 4.90 Å². The van der Waals surface area contributed by atoms with E-state index in [-0.39, 0.29) is 0 Å². The summed E-state index contributed by atoms with van der Waals surface area (Å²) in [6, 6.07) is 6.13. The van der Waals surface area contributed by atoms with Gasteiger partial charge in [-0.15, -0.1) is 0 Å². The Hall–Kier alpha value is -0.610. The van der Waals surface area contributed by atoms with E-state index in [1.807, 2.05) is 13.0 Å². The second-order valence-corrected chi connectivity index (χ2v) is 4.36. The lowest BCUT2D eigenvalue weighted by Crippen LogP contribution is -2.33. The molecule has 4 heteroatoms. The van der Waals surface area contributed by atoms with E-state index in [1.165, 1.54) is 5.56 Å². The third-order valence-electron chi connectivity index (χ3n) is 2.49. The maximum Gasteiger partial charge on any atom is 0.0453 e. The van der Waals surface area contributed by atoms with Crippen molar-refractivity contribution >= 4 is 11.6 Å². The summed E-state index contributed by atoms with van der Waals surface area (Å²) in [4.78, 5) is 2.22. The van der Waals surface area contributed by atoms with E-state index in [0.29, 0.717) is 13.1 Å². The number of nitrogens with two attached hydrogens (primary N) is 2. The van der Waals surface area contributed by atoms with Gasteiger partial charge >= 0.3 is 0 Å². The summed E-state index contributed by atoms with van der Waals surface area (Å²) in [7, 11) is 0. The first kappa shape index (κ1) is 13.5. The van der Waals surface area contributed by atoms with Crippen LogP contribution in [0.1, 0.15) is 11.1 Å². The Morgan fingerprint density at radius 2 is 1.81 bits per heavy atom. The van der Waals surface area contributed by atoms with Crippen LogP contribution in [0.3, 0.4) is 0 Å². The fraction of sp³-hybridized carbons (Fsp3) is 0.500. The van der Waals surface area contributed by atoms with E-state index < -0.39 is 0 Å². The van der Waals surface area contributed by atoms with Crippen molar-refractivity contribution < 1.29 is 0 Å². The Morgan fingerprint density at radius 3 is 2.31 bits per heavy atom. The molecule has 0 saturated heterocycles. The van der Waals surface area contributed by atoms with Crippen LogP contribution in [-0.2, 0) is 6.54 Å². The fourth-order valence-electron chi connectivity index (χ4n) is 1.66. The first-order valence-electron chi connectivity index (χ1n) is 5.55. The Kier molecular flexibility index (Phi) is 5.77. The molecule has 1 aromatic carbocycles. The predicted octanol–water partition coefficient (Wildman–Crippen LogP) is 1.37. The second-order valence-electron chi connectivity index (χ2n) is 3.95. The number of nitrogens with zero attached hydrogens (tertiary/aromatic N) is 1. The summed E-state index contributed by atoms with van der Waals surface area (Å²) in [5, 5.41) is 0.819. The van der Waals surface area contributed by atoms with Crippen LogP contribution in [0.4, 0.5) is 0 Å². The monoisotopic (exact) mass is 241 g/mol. The molecule has 0 spiro atoms. The van der Waals surface area contributed by atoms with E-state index in [1.54, 1.807) is 0 Å². The molecule has 16 heavy (non-hydrogen) atoms. The van der Waals surface area contributed by atoms with Gasteiger partial charge < -0.3 is 11.5 Å². The van der Waals surface area contributed by atoms with E-state index in [0.717, 1.165) is 30.2 Å². The zero-order valence-corrected chi connectivity index (χ0v) is 10.5. The Balaban J connectivity index is 2.68. The first-order valence-corrected chi connectivity index (χ1v) is 5.92. The number of hydrogen-bond acceptors (Lipinski definition) is 3. The van der Waals surface area contributed by atoms with Gasteiger partial charge in [-0.25, -0.2) is 0 Å². The lowest BCUT2D eigenvalue weighted by Gasteiger charge is -2.21. The minimum atomic E-state index is 0.642. The second kappa shape index (κ2) is 6.86. The molecule has 0 heterocycles. The van der Waals surface area contributed by atoms with Crippen LogP contribution in [0.15, 0.2) is 18.2 Å². The van der Waals surface area contributed by atoms with Crippen molar-refractivity contribution in [3.8, 4) is 0 Å². The number of aryl methyl sites for hydroxylation is 1. The molecule has 1 aromatic rings. The molecule has 0 saturated carbocycles. The molecule has 0 aliphatic carbocycles. The number of rotatable bonds is 6. The molecule has 0 aliphatic rings. The lowest BCUT2D eigenvalue weighted by molar-refractivity contribution is 0.281. The maximum absolute atomic E-state index is 6.18. The minimum absolute atomic E-state index is 0.642. The van der Waals surface area contributed by atoms with Crippen LogP contribution in [-0.4, -0.2) is 31.1 Å². The molecule has 1 rings (SSSR count). The molecule has 0 bridgehead atoms. The van der Waals surface area contributed by atoms with E-state index in [2.05, 4.69) is 17.0 Å². The zero-order valence-electron chi connectivity index (χ0n) is 9.75. The van der Waals surface area contributed by atoms with Gasteiger partial charge in [0, 0.05) is 37.7 Å². The summed E-state index contributed by atoms with van der Waals surface area (Å²) < 4.78 is 0. The predicted molar refractivity (Wildman–Crippen MR) is 69.6 cm³/mol. The normalized spacial score (nSPS) is 11.1. The van der Waals surface area contributed by atoms with E-state index in [4.69, 9.17) is 23.1 Å². The lowest BCUT2D eigenvalue weighted by atomic mass is 10.1. The highest BCUT2D eigenvalue weighted by Gasteiger charge is 2.07. The molecule has 0 amide bonds. The van der Waals surface area contributed by atoms with Crippen molar-refractivity contribution in [2.45, 2.75) is 13.5 Å². The molecular formula is C12H20ClN3. The summed E-state index contributed by atoms with van der Waals surface area (Å²) in [5.41, 5.74) is 13.4. The van der Waals surface area contributed by atoms with Crippen LogP contribution in [0.2, 0.25) is 5.02 Å². The van der Waals surface area contributed by atoms with Crippen LogP contribution < -0.4 is 11.5 Å². The summed E-state index contributed by atoms with van der Waals surface area (Å²) in [6.45, 7) is 5.83. The molecule has 3 nitrogen and oxygen atoms in total. The number of halogens is 1. The van der Waals surface area contributed by atoms with Crippen molar-refractivity contribution in [3.05, 3.63) is 34.3 Å². The zero-order chi connectivity index (χ0) is 12.0. The standard InChI is InChI=1S/C12H20ClN3/c1-10-2-3-11(12(13)8-10)9-16(6-4-14)7-5-15/h2-3,8H,4-7,9,14-15H2,1H3. The molecule has 0 aromatic heterocycles. The average Bonchev–Trinajstić information content (AvgIpc) is 2.23. The van der Waals surface area contributed by atoms with Crippen LogP contribution in [0.25, 0.3) is 0 Å². The van der Waals surface area contributed by atoms with Gasteiger partial charge in [0.25, 0.3) is 0 Å². The Bertz CT molecular complexity index is 322. The molecule has 0 aliphatic heterocycles. The van der Waals surface area contributed by atoms with Crippen molar-refractivity contribution in [2.24, 2.45) is 11.5 Å². The van der Waals surface area contributed by atoms with Gasteiger partial charge in [-0.2, -0.15) is 0 Å². The van der Waals surface area contributed by atoms with Gasteiger partial charge in [0.05, 0.1) is 0 Å². The topological polar surface area (TPSA) is 55.3 Å². The molecule has 0 radical (unpaired) electrons. The summed E-state index contributed by atoms with van der Waals surface area (Å²) in [5.74, 6) is 0. The summed E-state index contributed by atoms with van der Waals surface area (Å²) >= 11 is 6.18. The third-order valence-corrected chi connectivity index (χ3v) is 2.85. The molecular weight excluding hydrogens is 222 g/mol. The quantitative estimate of drug-likeness (QED) is 0.791. The smallest absolute Gasteiger partial charge is 0.0453 e. The van der Waals surface area contributed by atoms with Gasteiger partial charge in [0.2, 0.25) is 0 Å². The minimum Gasteiger partial charge on any atom is -0.329 e.